The first-order valence-corrected chi connectivity index (χ1v) is 40.5. The fourth-order valence-corrected chi connectivity index (χ4v) is 11.0. The second-order valence-corrected chi connectivity index (χ2v) is 27.1. The van der Waals surface area contributed by atoms with Crippen LogP contribution < -0.4 is 0 Å². The van der Waals surface area contributed by atoms with Crippen LogP contribution in [0, 0.1) is 0 Å². The summed E-state index contributed by atoms with van der Waals surface area (Å²) in [5.41, 5.74) is 0.978. The Bertz CT molecular complexity index is 1660. The molecule has 552 valence electrons. The number of carbonyl (C=O) groups is 4. The first-order chi connectivity index (χ1) is 46.0. The summed E-state index contributed by atoms with van der Waals surface area (Å²) >= 11 is 0. The van der Waals surface area contributed by atoms with E-state index in [1.807, 2.05) is 0 Å². The van der Waals surface area contributed by atoms with Crippen molar-refractivity contribution in [2.75, 3.05) is 26.4 Å². The fraction of sp³-hybridized carbons (Fsp3) is 0.814. The molecule has 94 heavy (non-hydrogen) atoms. The van der Waals surface area contributed by atoms with Crippen LogP contribution in [0.5, 0.6) is 0 Å². The molecular weight excluding hydrogens is 1160 g/mol. The molecule has 0 aromatic heterocycles. The summed E-state index contributed by atoms with van der Waals surface area (Å²) in [6, 6.07) is 0. The van der Waals surface area contributed by atoms with Gasteiger partial charge in [-0.15, -0.1) is 0 Å². The number of hydrogen-bond acceptors (Lipinski definition) is 8. The summed E-state index contributed by atoms with van der Waals surface area (Å²) in [7, 11) is 0. The van der Waals surface area contributed by atoms with Crippen LogP contribution in [0.15, 0.2) is 73.9 Å². The molecule has 0 aromatic carbocycles. The molecule has 0 unspecified atom stereocenters. The van der Waals surface area contributed by atoms with Crippen molar-refractivity contribution in [1.82, 2.24) is 0 Å². The van der Waals surface area contributed by atoms with Crippen molar-refractivity contribution in [3.8, 4) is 0 Å². The highest BCUT2D eigenvalue weighted by atomic mass is 16.5. The maximum atomic E-state index is 11.2. The van der Waals surface area contributed by atoms with Gasteiger partial charge in [-0.05, 0) is 90.9 Å². The van der Waals surface area contributed by atoms with Crippen molar-refractivity contribution in [3.63, 3.8) is 0 Å². The second-order valence-electron chi connectivity index (χ2n) is 27.1. The van der Waals surface area contributed by atoms with Gasteiger partial charge in [0.1, 0.15) is 0 Å². The standard InChI is InChI=1S/C22H42O2.C22H40O2.C21H40O2.C21H38O2/c2*1-4-5-6-7-8-9-10-11-12-13-14-15-16-17-18-19-20-24-22(23)21(2)3;2*1-3-5-6-7-8-9-10-11-12-13-14-15-16-17-18-19-20-23-21(22)4-2/h2,4-20H2,1,3H3;11-12H,2,4-10,13-20H2,1,3H3;4H,2-3,5-20H2,1H3;4,11-12H,2-3,5-10,13-20H2,1H3/b;12-11+;;12-11+. The molecular formula is C86H160O8. The van der Waals surface area contributed by atoms with E-state index >= 15 is 0 Å². The van der Waals surface area contributed by atoms with E-state index in [-0.39, 0.29) is 23.9 Å². The van der Waals surface area contributed by atoms with Gasteiger partial charge in [0.05, 0.1) is 26.4 Å². The topological polar surface area (TPSA) is 105 Å². The summed E-state index contributed by atoms with van der Waals surface area (Å²) in [5.74, 6) is -1.12. The van der Waals surface area contributed by atoms with Crippen LogP contribution in [0.2, 0.25) is 0 Å². The SMILES string of the molecule is C=C(C)C(=O)OCCCCCCCC/C=C/CCCCCCCC.C=C(C)C(=O)OCCCCCCCCCCCCCCCCCC.C=CC(=O)OCCCCCCCC/C=C/CCCCCCCC.C=CC(=O)OCCCCCCCCCCCCCCCCCC. The molecule has 8 heteroatoms. The van der Waals surface area contributed by atoms with E-state index in [0.717, 1.165) is 38.5 Å². The quantitative estimate of drug-likeness (QED) is 0.0195. The molecule has 0 amide bonds. The van der Waals surface area contributed by atoms with Crippen molar-refractivity contribution in [1.29, 1.82) is 0 Å². The average Bonchev–Trinajstić information content (AvgIpc) is 3.63. The molecule has 0 bridgehead atoms. The molecule has 0 atom stereocenters. The predicted octanol–water partition coefficient (Wildman–Crippen LogP) is 28.2. The molecule has 0 fully saturated rings. The van der Waals surface area contributed by atoms with Crippen molar-refractivity contribution >= 4 is 23.9 Å². The number of esters is 4. The second kappa shape index (κ2) is 89.3. The molecule has 0 aliphatic carbocycles. The Morgan fingerprint density at radius 1 is 0.234 bits per heavy atom. The third-order valence-corrected chi connectivity index (χ3v) is 17.3. The van der Waals surface area contributed by atoms with E-state index in [1.165, 1.54) is 359 Å². The van der Waals surface area contributed by atoms with Crippen LogP contribution in [0.25, 0.3) is 0 Å². The highest BCUT2D eigenvalue weighted by molar-refractivity contribution is 5.87. The van der Waals surface area contributed by atoms with Crippen molar-refractivity contribution < 1.29 is 38.1 Å². The molecule has 0 aliphatic rings. The minimum atomic E-state index is -0.308. The Balaban J connectivity index is -0.000000575. The van der Waals surface area contributed by atoms with Crippen molar-refractivity contribution in [2.24, 2.45) is 0 Å². The minimum absolute atomic E-state index is 0.254. The molecule has 8 nitrogen and oxygen atoms in total. The molecule has 0 aromatic rings. The van der Waals surface area contributed by atoms with Crippen LogP contribution >= 0.6 is 0 Å². The van der Waals surface area contributed by atoms with Gasteiger partial charge >= 0.3 is 23.9 Å². The van der Waals surface area contributed by atoms with Gasteiger partial charge in [-0.2, -0.15) is 0 Å². The Morgan fingerprint density at radius 3 is 0.543 bits per heavy atom. The maximum absolute atomic E-state index is 11.2. The molecule has 0 N–H and O–H groups in total. The average molecular weight is 1320 g/mol. The van der Waals surface area contributed by atoms with Crippen LogP contribution in [0.1, 0.15) is 427 Å². The van der Waals surface area contributed by atoms with Crippen LogP contribution in [-0.4, -0.2) is 50.3 Å². The summed E-state index contributed by atoms with van der Waals surface area (Å²) in [6.07, 6.45) is 91.5. The van der Waals surface area contributed by atoms with Gasteiger partial charge in [0.2, 0.25) is 0 Å². The van der Waals surface area contributed by atoms with Gasteiger partial charge in [-0.3, -0.25) is 0 Å². The zero-order valence-electron chi connectivity index (χ0n) is 63.8. The smallest absolute Gasteiger partial charge is 0.333 e. The summed E-state index contributed by atoms with van der Waals surface area (Å²) < 4.78 is 20.1. The van der Waals surface area contributed by atoms with Crippen LogP contribution in [0.4, 0.5) is 0 Å². The Morgan fingerprint density at radius 2 is 0.383 bits per heavy atom. The number of unbranched alkanes of at least 4 members (excludes halogenated alkanes) is 54. The zero-order chi connectivity index (χ0) is 69.8. The Labute approximate surface area is 586 Å². The van der Waals surface area contributed by atoms with Gasteiger partial charge in [0.25, 0.3) is 0 Å². The Hall–Kier alpha value is -3.68. The number of allylic oxidation sites excluding steroid dienone is 4. The summed E-state index contributed by atoms with van der Waals surface area (Å²) in [6.45, 7) is 28.5. The highest BCUT2D eigenvalue weighted by Gasteiger charge is 2.04. The first-order valence-electron chi connectivity index (χ1n) is 40.5. The number of hydrogen-bond donors (Lipinski definition) is 0. The predicted molar refractivity (Wildman–Crippen MR) is 412 cm³/mol. The zero-order valence-corrected chi connectivity index (χ0v) is 63.8. The van der Waals surface area contributed by atoms with Crippen LogP contribution in [-0.2, 0) is 38.1 Å². The first kappa shape index (κ1) is 96.7. The maximum Gasteiger partial charge on any atom is 0.333 e. The Kier molecular flexibility index (Phi) is 91.9. The third-order valence-electron chi connectivity index (χ3n) is 17.3. The molecule has 0 saturated carbocycles. The lowest BCUT2D eigenvalue weighted by Crippen LogP contribution is -2.05. The number of ether oxygens (including phenoxy) is 4. The number of rotatable bonds is 70. The van der Waals surface area contributed by atoms with Gasteiger partial charge in [0, 0.05) is 23.3 Å². The lowest BCUT2D eigenvalue weighted by Gasteiger charge is -2.05. The summed E-state index contributed by atoms with van der Waals surface area (Å²) in [5, 5.41) is 0. The van der Waals surface area contributed by atoms with Gasteiger partial charge in [0.15, 0.2) is 0 Å². The monoisotopic (exact) mass is 1320 g/mol. The lowest BCUT2D eigenvalue weighted by atomic mass is 10.0. The van der Waals surface area contributed by atoms with E-state index in [4.69, 9.17) is 18.9 Å². The van der Waals surface area contributed by atoms with Gasteiger partial charge < -0.3 is 18.9 Å². The molecule has 0 radical (unpaired) electrons. The van der Waals surface area contributed by atoms with E-state index < -0.39 is 0 Å². The fourth-order valence-electron chi connectivity index (χ4n) is 11.0. The molecule has 0 rings (SSSR count). The van der Waals surface area contributed by atoms with E-state index in [0.29, 0.717) is 37.6 Å². The van der Waals surface area contributed by atoms with Crippen LogP contribution in [0.3, 0.4) is 0 Å². The third kappa shape index (κ3) is 94.7. The highest BCUT2D eigenvalue weighted by Crippen LogP contribution is 2.17. The largest absolute Gasteiger partial charge is 0.463 e. The lowest BCUT2D eigenvalue weighted by molar-refractivity contribution is -0.139. The molecule has 0 heterocycles. The van der Waals surface area contributed by atoms with Crippen molar-refractivity contribution in [2.45, 2.75) is 427 Å². The summed E-state index contributed by atoms with van der Waals surface area (Å²) in [4.78, 5) is 44.0. The minimum Gasteiger partial charge on any atom is -0.463 e. The van der Waals surface area contributed by atoms with Gasteiger partial charge in [-0.25, -0.2) is 19.2 Å². The molecule has 0 spiro atoms. The van der Waals surface area contributed by atoms with Gasteiger partial charge in [-0.1, -0.05) is 387 Å². The van der Waals surface area contributed by atoms with Crippen molar-refractivity contribution in [3.05, 3.63) is 73.9 Å². The number of carbonyl (C=O) groups excluding carboxylic acids is 4. The molecule has 0 aliphatic heterocycles. The van der Waals surface area contributed by atoms with E-state index in [9.17, 15) is 19.2 Å². The van der Waals surface area contributed by atoms with E-state index in [1.54, 1.807) is 13.8 Å². The normalized spacial score (nSPS) is 10.9. The van der Waals surface area contributed by atoms with E-state index in [2.05, 4.69) is 78.3 Å². The molecule has 0 saturated heterocycles.